The summed E-state index contributed by atoms with van der Waals surface area (Å²) in [6.45, 7) is 0. The summed E-state index contributed by atoms with van der Waals surface area (Å²) in [7, 11) is 0. The molecule has 25 heavy (non-hydrogen) atoms. The van der Waals surface area contributed by atoms with Crippen molar-refractivity contribution >= 4 is 63.1 Å². The molecule has 0 aliphatic carbocycles. The first kappa shape index (κ1) is 16.1. The summed E-state index contributed by atoms with van der Waals surface area (Å²) in [6, 6.07) is 14.2. The Morgan fingerprint density at radius 2 is 2.00 bits per heavy atom. The fourth-order valence-electron chi connectivity index (χ4n) is 2.38. The minimum absolute atomic E-state index is 0.0349. The Balaban J connectivity index is 1.66. The van der Waals surface area contributed by atoms with Gasteiger partial charge < -0.3 is 9.73 Å². The SMILES string of the molecule is O=C(c1ccc2oc(Nc3cc(Cl)ccc3Cl)nc2c1)c1cccs1. The average Bonchev–Trinajstić information content (AvgIpc) is 3.26. The van der Waals surface area contributed by atoms with Crippen LogP contribution in [0, 0.1) is 0 Å². The van der Waals surface area contributed by atoms with Crippen LogP contribution in [0.3, 0.4) is 0 Å². The van der Waals surface area contributed by atoms with Gasteiger partial charge in [0.05, 0.1) is 15.6 Å². The third-order valence-corrected chi connectivity index (χ3v) is 5.00. The third kappa shape index (κ3) is 3.26. The van der Waals surface area contributed by atoms with E-state index in [1.165, 1.54) is 11.3 Å². The molecule has 7 heteroatoms. The molecular weight excluding hydrogens is 379 g/mol. The Bertz CT molecular complexity index is 1070. The van der Waals surface area contributed by atoms with Gasteiger partial charge in [-0.25, -0.2) is 0 Å². The Kier molecular flexibility index (Phi) is 4.21. The molecule has 0 bridgehead atoms. The zero-order valence-corrected chi connectivity index (χ0v) is 15.0. The lowest BCUT2D eigenvalue weighted by molar-refractivity contribution is 0.104. The van der Waals surface area contributed by atoms with Crippen molar-refractivity contribution in [3.63, 3.8) is 0 Å². The Hall–Kier alpha value is -2.34. The van der Waals surface area contributed by atoms with E-state index in [2.05, 4.69) is 10.3 Å². The molecule has 0 saturated heterocycles. The van der Waals surface area contributed by atoms with Crippen molar-refractivity contribution in [2.24, 2.45) is 0 Å². The quantitative estimate of drug-likeness (QED) is 0.424. The lowest BCUT2D eigenvalue weighted by Gasteiger charge is -2.04. The van der Waals surface area contributed by atoms with Crippen LogP contribution in [0.15, 0.2) is 58.3 Å². The van der Waals surface area contributed by atoms with Crippen LogP contribution in [-0.2, 0) is 0 Å². The first-order chi connectivity index (χ1) is 12.1. The molecule has 0 saturated carbocycles. The number of benzene rings is 2. The minimum atomic E-state index is -0.0349. The van der Waals surface area contributed by atoms with Crippen molar-refractivity contribution in [2.75, 3.05) is 5.32 Å². The van der Waals surface area contributed by atoms with Crippen molar-refractivity contribution < 1.29 is 9.21 Å². The molecule has 4 rings (SSSR count). The maximum atomic E-state index is 12.4. The highest BCUT2D eigenvalue weighted by atomic mass is 35.5. The highest BCUT2D eigenvalue weighted by molar-refractivity contribution is 7.12. The Morgan fingerprint density at radius 3 is 2.80 bits per heavy atom. The highest BCUT2D eigenvalue weighted by Crippen LogP contribution is 2.30. The number of ketones is 1. The molecule has 124 valence electrons. The number of hydrogen-bond acceptors (Lipinski definition) is 5. The summed E-state index contributed by atoms with van der Waals surface area (Å²) in [5.74, 6) is -0.0349. The lowest BCUT2D eigenvalue weighted by Crippen LogP contribution is -1.97. The number of aromatic nitrogens is 1. The van der Waals surface area contributed by atoms with Gasteiger partial charge in [-0.3, -0.25) is 4.79 Å². The predicted molar refractivity (Wildman–Crippen MR) is 102 cm³/mol. The van der Waals surface area contributed by atoms with Crippen LogP contribution in [0.1, 0.15) is 15.2 Å². The molecule has 0 aliphatic heterocycles. The molecule has 0 atom stereocenters. The van der Waals surface area contributed by atoms with E-state index in [0.29, 0.717) is 37.3 Å². The van der Waals surface area contributed by atoms with Crippen molar-refractivity contribution in [1.29, 1.82) is 0 Å². The van der Waals surface area contributed by atoms with Crippen LogP contribution < -0.4 is 5.32 Å². The number of carbonyl (C=O) groups excluding carboxylic acids is 1. The van der Waals surface area contributed by atoms with Crippen LogP contribution in [0.25, 0.3) is 11.1 Å². The van der Waals surface area contributed by atoms with E-state index in [1.54, 1.807) is 42.5 Å². The molecule has 0 amide bonds. The number of nitrogens with one attached hydrogen (secondary N) is 1. The van der Waals surface area contributed by atoms with Gasteiger partial charge in [0.25, 0.3) is 6.01 Å². The number of halogens is 2. The van der Waals surface area contributed by atoms with E-state index in [1.807, 2.05) is 11.4 Å². The molecule has 0 unspecified atom stereocenters. The minimum Gasteiger partial charge on any atom is -0.423 e. The van der Waals surface area contributed by atoms with Gasteiger partial charge in [0.1, 0.15) is 5.52 Å². The molecule has 2 heterocycles. The number of thiophene rings is 1. The first-order valence-electron chi connectivity index (χ1n) is 7.31. The molecule has 2 aromatic carbocycles. The number of carbonyl (C=O) groups is 1. The number of anilines is 2. The number of nitrogens with zero attached hydrogens (tertiary/aromatic N) is 1. The second kappa shape index (κ2) is 6.52. The molecule has 4 aromatic rings. The normalized spacial score (nSPS) is 11.0. The van der Waals surface area contributed by atoms with Gasteiger partial charge in [0, 0.05) is 10.6 Å². The Morgan fingerprint density at radius 1 is 1.12 bits per heavy atom. The molecule has 0 aliphatic rings. The number of oxazole rings is 1. The second-order valence-electron chi connectivity index (χ2n) is 5.26. The van der Waals surface area contributed by atoms with Crippen molar-refractivity contribution in [1.82, 2.24) is 4.98 Å². The van der Waals surface area contributed by atoms with Gasteiger partial charge in [0.2, 0.25) is 5.78 Å². The van der Waals surface area contributed by atoms with Gasteiger partial charge >= 0.3 is 0 Å². The topological polar surface area (TPSA) is 55.1 Å². The number of rotatable bonds is 4. The van der Waals surface area contributed by atoms with Gasteiger partial charge in [-0.05, 0) is 47.8 Å². The van der Waals surface area contributed by atoms with E-state index in [9.17, 15) is 4.79 Å². The van der Waals surface area contributed by atoms with E-state index >= 15 is 0 Å². The molecule has 4 nitrogen and oxygen atoms in total. The van der Waals surface area contributed by atoms with Crippen LogP contribution in [-0.4, -0.2) is 10.8 Å². The summed E-state index contributed by atoms with van der Waals surface area (Å²) < 4.78 is 5.66. The molecule has 0 radical (unpaired) electrons. The fourth-order valence-corrected chi connectivity index (χ4v) is 3.40. The largest absolute Gasteiger partial charge is 0.423 e. The van der Waals surface area contributed by atoms with Crippen molar-refractivity contribution in [3.8, 4) is 0 Å². The smallest absolute Gasteiger partial charge is 0.300 e. The van der Waals surface area contributed by atoms with Crippen molar-refractivity contribution in [3.05, 3.63) is 74.4 Å². The summed E-state index contributed by atoms with van der Waals surface area (Å²) in [5, 5.41) is 5.92. The average molecular weight is 389 g/mol. The van der Waals surface area contributed by atoms with Crippen LogP contribution in [0.2, 0.25) is 10.0 Å². The zero-order valence-electron chi connectivity index (χ0n) is 12.6. The van der Waals surface area contributed by atoms with Crippen LogP contribution >= 0.6 is 34.5 Å². The van der Waals surface area contributed by atoms with E-state index in [0.717, 1.165) is 0 Å². The summed E-state index contributed by atoms with van der Waals surface area (Å²) in [6.07, 6.45) is 0. The standard InChI is InChI=1S/C18H10Cl2N2O2S/c19-11-4-5-12(20)13(9-11)21-18-22-14-8-10(3-6-15(14)24-18)17(23)16-2-1-7-25-16/h1-9H,(H,21,22). The highest BCUT2D eigenvalue weighted by Gasteiger charge is 2.14. The molecular formula is C18H10Cl2N2O2S. The van der Waals surface area contributed by atoms with E-state index < -0.39 is 0 Å². The second-order valence-corrected chi connectivity index (χ2v) is 7.05. The van der Waals surface area contributed by atoms with Gasteiger partial charge in [-0.2, -0.15) is 4.98 Å². The monoisotopic (exact) mass is 388 g/mol. The fraction of sp³-hybridized carbons (Fsp3) is 0. The molecule has 1 N–H and O–H groups in total. The van der Waals surface area contributed by atoms with E-state index in [4.69, 9.17) is 27.6 Å². The Labute approximate surface area is 157 Å². The summed E-state index contributed by atoms with van der Waals surface area (Å²) in [5.41, 5.74) is 2.32. The van der Waals surface area contributed by atoms with E-state index in [-0.39, 0.29) is 11.8 Å². The van der Waals surface area contributed by atoms with Crippen molar-refractivity contribution in [2.45, 2.75) is 0 Å². The van der Waals surface area contributed by atoms with Gasteiger partial charge in [-0.15, -0.1) is 11.3 Å². The van der Waals surface area contributed by atoms with Gasteiger partial charge in [-0.1, -0.05) is 29.3 Å². The maximum absolute atomic E-state index is 12.4. The maximum Gasteiger partial charge on any atom is 0.300 e. The number of hydrogen-bond donors (Lipinski definition) is 1. The van der Waals surface area contributed by atoms with Crippen LogP contribution in [0.4, 0.5) is 11.7 Å². The number of fused-ring (bicyclic) bond motifs is 1. The third-order valence-electron chi connectivity index (χ3n) is 3.56. The van der Waals surface area contributed by atoms with Crippen LogP contribution in [0.5, 0.6) is 0 Å². The van der Waals surface area contributed by atoms with Gasteiger partial charge in [0.15, 0.2) is 5.58 Å². The summed E-state index contributed by atoms with van der Waals surface area (Å²) >= 11 is 13.5. The lowest BCUT2D eigenvalue weighted by atomic mass is 10.1. The first-order valence-corrected chi connectivity index (χ1v) is 8.94. The zero-order chi connectivity index (χ0) is 17.4. The molecule has 0 fully saturated rings. The summed E-state index contributed by atoms with van der Waals surface area (Å²) in [4.78, 5) is 17.5. The molecule has 2 aromatic heterocycles. The predicted octanol–water partition coefficient (Wildman–Crippen LogP) is 6.17. The molecule has 0 spiro atoms.